The van der Waals surface area contributed by atoms with Gasteiger partial charge < -0.3 is 9.80 Å². The molecule has 0 aliphatic carbocycles. The van der Waals surface area contributed by atoms with Crippen LogP contribution in [0.25, 0.3) is 0 Å². The minimum Gasteiger partial charge on any atom is -0.331 e. The van der Waals surface area contributed by atoms with E-state index < -0.39 is 0 Å². The van der Waals surface area contributed by atoms with E-state index in [9.17, 15) is 9.18 Å². The Bertz CT molecular complexity index is 874. The summed E-state index contributed by atoms with van der Waals surface area (Å²) in [5, 5.41) is 0. The second-order valence-electron chi connectivity index (χ2n) is 8.60. The highest BCUT2D eigenvalue weighted by atomic mass is 19.1. The third-order valence-corrected chi connectivity index (χ3v) is 7.00. The third-order valence-electron chi connectivity index (χ3n) is 7.00. The molecule has 2 aromatic rings. The van der Waals surface area contributed by atoms with Gasteiger partial charge in [-0.3, -0.25) is 4.79 Å². The van der Waals surface area contributed by atoms with E-state index in [2.05, 4.69) is 17.0 Å². The average Bonchev–Trinajstić information content (AvgIpc) is 2.73. The van der Waals surface area contributed by atoms with E-state index in [0.29, 0.717) is 24.8 Å². The Balaban J connectivity index is 1.44. The lowest BCUT2D eigenvalue weighted by atomic mass is 9.77. The van der Waals surface area contributed by atoms with Crippen molar-refractivity contribution >= 4 is 5.91 Å². The Morgan fingerprint density at radius 3 is 2.61 bits per heavy atom. The Morgan fingerprint density at radius 2 is 1.86 bits per heavy atom. The minimum atomic E-state index is -0.245. The first kappa shape index (κ1) is 17.9. The number of carbonyl (C=O) groups is 1. The van der Waals surface area contributed by atoms with Gasteiger partial charge in [-0.25, -0.2) is 4.39 Å². The van der Waals surface area contributed by atoms with Crippen molar-refractivity contribution in [1.29, 1.82) is 0 Å². The quantitative estimate of drug-likeness (QED) is 0.805. The zero-order valence-electron chi connectivity index (χ0n) is 16.2. The van der Waals surface area contributed by atoms with E-state index in [-0.39, 0.29) is 17.8 Å². The summed E-state index contributed by atoms with van der Waals surface area (Å²) in [6.07, 6.45) is 3.95. The minimum absolute atomic E-state index is 0.186. The van der Waals surface area contributed by atoms with Crippen LogP contribution < -0.4 is 0 Å². The molecule has 2 aromatic carbocycles. The van der Waals surface area contributed by atoms with E-state index in [0.717, 1.165) is 24.1 Å². The van der Waals surface area contributed by atoms with Crippen molar-refractivity contribution in [1.82, 2.24) is 9.80 Å². The summed E-state index contributed by atoms with van der Waals surface area (Å²) in [4.78, 5) is 18.0. The monoisotopic (exact) mass is 378 g/mol. The van der Waals surface area contributed by atoms with Gasteiger partial charge in [0.2, 0.25) is 5.91 Å². The molecule has 146 valence electrons. The maximum Gasteiger partial charge on any atom is 0.223 e. The van der Waals surface area contributed by atoms with Crippen LogP contribution in [0.1, 0.15) is 42.0 Å². The fourth-order valence-electron chi connectivity index (χ4n) is 5.53. The van der Waals surface area contributed by atoms with E-state index in [4.69, 9.17) is 0 Å². The molecule has 0 spiro atoms. The first-order valence-electron chi connectivity index (χ1n) is 10.5. The molecule has 3 saturated heterocycles. The molecular weight excluding hydrogens is 351 g/mol. The number of nitrogens with zero attached hydrogens (tertiary/aromatic N) is 2. The molecule has 4 heterocycles. The molecule has 0 N–H and O–H groups in total. The number of piperidine rings is 3. The van der Waals surface area contributed by atoms with Crippen LogP contribution in [0.4, 0.5) is 4.39 Å². The van der Waals surface area contributed by atoms with Crippen molar-refractivity contribution in [2.45, 2.75) is 31.7 Å². The summed E-state index contributed by atoms with van der Waals surface area (Å²) in [5.74, 6) is 1.15. The van der Waals surface area contributed by atoms with Crippen molar-refractivity contribution in [3.05, 3.63) is 71.0 Å². The van der Waals surface area contributed by atoms with Crippen molar-refractivity contribution in [3.63, 3.8) is 0 Å². The summed E-state index contributed by atoms with van der Waals surface area (Å²) < 4.78 is 14.0. The molecule has 4 heteroatoms. The first-order valence-corrected chi connectivity index (χ1v) is 10.5. The summed E-state index contributed by atoms with van der Waals surface area (Å²) >= 11 is 0. The molecule has 28 heavy (non-hydrogen) atoms. The summed E-state index contributed by atoms with van der Waals surface area (Å²) in [6, 6.07) is 14.9. The molecule has 2 atom stereocenters. The molecule has 2 bridgehead atoms. The second-order valence-corrected chi connectivity index (χ2v) is 8.60. The predicted molar refractivity (Wildman–Crippen MR) is 107 cm³/mol. The Hall–Kier alpha value is -2.20. The SMILES string of the molecule is O=C(C[C@@H]1CN2CCC1CC2)N1CCc2ccccc2[C@@H]1c1cccc(F)c1. The van der Waals surface area contributed by atoms with Gasteiger partial charge in [0, 0.05) is 19.5 Å². The van der Waals surface area contributed by atoms with Crippen molar-refractivity contribution in [2.75, 3.05) is 26.2 Å². The molecule has 0 saturated carbocycles. The molecule has 4 aliphatic rings. The van der Waals surface area contributed by atoms with Gasteiger partial charge in [-0.15, -0.1) is 0 Å². The largest absolute Gasteiger partial charge is 0.331 e. The Morgan fingerprint density at radius 1 is 1.04 bits per heavy atom. The Kier molecular flexibility index (Phi) is 4.67. The van der Waals surface area contributed by atoms with Gasteiger partial charge in [-0.2, -0.15) is 0 Å². The van der Waals surface area contributed by atoms with Gasteiger partial charge in [0.1, 0.15) is 5.82 Å². The van der Waals surface area contributed by atoms with Crippen molar-refractivity contribution in [2.24, 2.45) is 11.8 Å². The fourth-order valence-corrected chi connectivity index (χ4v) is 5.53. The summed E-state index contributed by atoms with van der Waals surface area (Å²) in [6.45, 7) is 4.15. The first-order chi connectivity index (χ1) is 13.7. The van der Waals surface area contributed by atoms with Crippen LogP contribution in [0.2, 0.25) is 0 Å². The van der Waals surface area contributed by atoms with Crippen molar-refractivity contribution in [3.8, 4) is 0 Å². The summed E-state index contributed by atoms with van der Waals surface area (Å²) in [5.41, 5.74) is 3.28. The number of rotatable bonds is 3. The average molecular weight is 378 g/mol. The molecule has 1 amide bonds. The van der Waals surface area contributed by atoms with Crippen LogP contribution in [0.15, 0.2) is 48.5 Å². The zero-order valence-corrected chi connectivity index (χ0v) is 16.2. The fraction of sp³-hybridized carbons (Fsp3) is 0.458. The number of hydrogen-bond acceptors (Lipinski definition) is 2. The van der Waals surface area contributed by atoms with Gasteiger partial charge in [-0.1, -0.05) is 36.4 Å². The standard InChI is InChI=1S/C24H27FN2O/c25-21-6-3-5-19(14-21)24-22-7-2-1-4-18(22)10-13-27(24)23(28)15-20-16-26-11-8-17(20)9-12-26/h1-7,14,17,20,24H,8-13,15-16H2/t20-,24+/m1/s1. The topological polar surface area (TPSA) is 23.6 Å². The van der Waals surface area contributed by atoms with E-state index in [1.807, 2.05) is 23.1 Å². The van der Waals surface area contributed by atoms with Crippen LogP contribution in [-0.4, -0.2) is 41.9 Å². The second kappa shape index (κ2) is 7.32. The van der Waals surface area contributed by atoms with Crippen LogP contribution in [-0.2, 0) is 11.2 Å². The van der Waals surface area contributed by atoms with E-state index in [1.54, 1.807) is 12.1 Å². The van der Waals surface area contributed by atoms with Gasteiger partial charge in [0.25, 0.3) is 0 Å². The highest BCUT2D eigenvalue weighted by Gasteiger charge is 2.38. The van der Waals surface area contributed by atoms with Crippen LogP contribution in [0.5, 0.6) is 0 Å². The lowest BCUT2D eigenvalue weighted by Crippen LogP contribution is -2.49. The molecule has 0 radical (unpaired) electrons. The molecule has 4 aliphatic heterocycles. The molecule has 3 nitrogen and oxygen atoms in total. The molecule has 6 rings (SSSR count). The van der Waals surface area contributed by atoms with Gasteiger partial charge in [-0.05, 0) is 73.0 Å². The maximum atomic E-state index is 14.0. The molecule has 0 aromatic heterocycles. The predicted octanol–water partition coefficient (Wildman–Crippen LogP) is 4.03. The van der Waals surface area contributed by atoms with Crippen LogP contribution in [0.3, 0.4) is 0 Å². The third kappa shape index (κ3) is 3.24. The normalized spacial score (nSPS) is 28.8. The number of hydrogen-bond donors (Lipinski definition) is 0. The Labute approximate surface area is 166 Å². The maximum absolute atomic E-state index is 14.0. The van der Waals surface area contributed by atoms with Crippen molar-refractivity contribution < 1.29 is 9.18 Å². The van der Waals surface area contributed by atoms with E-state index in [1.165, 1.54) is 37.6 Å². The summed E-state index contributed by atoms with van der Waals surface area (Å²) in [7, 11) is 0. The molecule has 3 fully saturated rings. The van der Waals surface area contributed by atoms with Gasteiger partial charge >= 0.3 is 0 Å². The van der Waals surface area contributed by atoms with E-state index >= 15 is 0 Å². The molecule has 0 unspecified atom stereocenters. The highest BCUT2D eigenvalue weighted by molar-refractivity contribution is 5.78. The highest BCUT2D eigenvalue weighted by Crippen LogP contribution is 2.38. The molecular formula is C24H27FN2O. The lowest BCUT2D eigenvalue weighted by molar-refractivity contribution is -0.136. The number of benzene rings is 2. The van der Waals surface area contributed by atoms with Gasteiger partial charge in [0.15, 0.2) is 0 Å². The lowest BCUT2D eigenvalue weighted by Gasteiger charge is -2.46. The smallest absolute Gasteiger partial charge is 0.223 e. The van der Waals surface area contributed by atoms with Crippen LogP contribution >= 0.6 is 0 Å². The van der Waals surface area contributed by atoms with Crippen LogP contribution in [0, 0.1) is 17.7 Å². The zero-order chi connectivity index (χ0) is 19.1. The number of carbonyl (C=O) groups excluding carboxylic acids is 1. The number of fused-ring (bicyclic) bond motifs is 4. The number of amides is 1. The number of halogens is 1. The van der Waals surface area contributed by atoms with Gasteiger partial charge in [0.05, 0.1) is 6.04 Å².